The van der Waals surface area contributed by atoms with E-state index in [9.17, 15) is 0 Å². The molecule has 6 rings (SSSR count). The average molecular weight is 2090 g/mol. The van der Waals surface area contributed by atoms with Gasteiger partial charge >= 0.3 is 0 Å². The lowest BCUT2D eigenvalue weighted by Crippen LogP contribution is -2.29. The van der Waals surface area contributed by atoms with Crippen LogP contribution in [0.5, 0.6) is 51.7 Å². The lowest BCUT2D eigenvalue weighted by atomic mass is 9.78. The van der Waals surface area contributed by atoms with Crippen molar-refractivity contribution in [1.82, 2.24) is 0 Å². The molecule has 29 heteroatoms. The minimum absolute atomic E-state index is 0.113. The van der Waals surface area contributed by atoms with Gasteiger partial charge < -0.3 is 137 Å². The second-order valence-electron chi connectivity index (χ2n) is 40.1. The van der Waals surface area contributed by atoms with Crippen LogP contribution in [0.15, 0.2) is 108 Å². The van der Waals surface area contributed by atoms with Crippen LogP contribution in [-0.2, 0) is 95.4 Å². The van der Waals surface area contributed by atoms with E-state index in [0.717, 1.165) is 55.1 Å². The zero-order chi connectivity index (χ0) is 111. The molecule has 0 N–H and O–H groups in total. The highest BCUT2D eigenvalue weighted by atomic mass is 16.6. The smallest absolute Gasteiger partial charge is 0.199 e. The molecule has 1 atom stereocenters. The van der Waals surface area contributed by atoms with Crippen molar-refractivity contribution in [2.24, 2.45) is 0 Å². The molecule has 0 amide bonds. The highest BCUT2D eigenvalue weighted by molar-refractivity contribution is 5.43. The molecule has 1 heterocycles. The Kier molecular flexibility index (Phi) is 89.4. The highest BCUT2D eigenvalue weighted by Gasteiger charge is 2.26. The Hall–Kier alpha value is -6.40. The molecule has 0 bridgehead atoms. The van der Waals surface area contributed by atoms with Crippen LogP contribution < -0.4 is 42.6 Å². The Bertz CT molecular complexity index is 3400. The minimum Gasteiger partial charge on any atom is -0.491 e. The van der Waals surface area contributed by atoms with Gasteiger partial charge in [0.25, 0.3) is 0 Å². The summed E-state index contributed by atoms with van der Waals surface area (Å²) in [5.74, 6) is 6.56. The van der Waals surface area contributed by atoms with Gasteiger partial charge in [-0.3, -0.25) is 0 Å². The third kappa shape index (κ3) is 91.9. The van der Waals surface area contributed by atoms with Crippen molar-refractivity contribution in [3.05, 3.63) is 115 Å². The third-order valence-corrected chi connectivity index (χ3v) is 19.4. The number of furan rings is 1. The molecule has 147 heavy (non-hydrogen) atoms. The summed E-state index contributed by atoms with van der Waals surface area (Å²) < 4.78 is 160. The molecule has 4 aromatic carbocycles. The molecule has 0 radical (unpaired) electrons. The Morgan fingerprint density at radius 2 is 0.442 bits per heavy atom. The zero-order valence-corrected chi connectivity index (χ0v) is 98.8. The van der Waals surface area contributed by atoms with Gasteiger partial charge in [-0.05, 0) is 315 Å². The van der Waals surface area contributed by atoms with Crippen molar-refractivity contribution in [2.75, 3.05) is 178 Å². The zero-order valence-electron chi connectivity index (χ0n) is 98.8. The van der Waals surface area contributed by atoms with Gasteiger partial charge in [0.05, 0.1) is 241 Å². The lowest BCUT2D eigenvalue weighted by molar-refractivity contribution is -0.0657. The summed E-state index contributed by atoms with van der Waals surface area (Å²) in [7, 11) is 0. The summed E-state index contributed by atoms with van der Waals surface area (Å²) >= 11 is 0. The minimum atomic E-state index is -0.113. The fourth-order valence-electron chi connectivity index (χ4n) is 12.6. The highest BCUT2D eigenvalue weighted by Crippen LogP contribution is 2.35. The van der Waals surface area contributed by atoms with Crippen molar-refractivity contribution in [3.63, 3.8) is 0 Å². The second-order valence-corrected chi connectivity index (χ2v) is 40.1. The summed E-state index contributed by atoms with van der Waals surface area (Å²) in [6.45, 7) is 90.9. The largest absolute Gasteiger partial charge is 0.491 e. The number of rotatable bonds is 73. The quantitative estimate of drug-likeness (QED) is 0.0327. The van der Waals surface area contributed by atoms with Crippen molar-refractivity contribution in [1.29, 1.82) is 0 Å². The average Bonchev–Trinajstić information content (AvgIpc) is 0.989. The standard InChI is InChI=1S/C25H36O4.C21H36O6.C16H26O4.C14H24O5.C12H26O4.C12H24O2.C10H22O2.C8H18O2/c1-19(2)26-15-17-28-23-11-7-21(8-12-23)25(5,6)22-9-13-24(14-10-22)29-18-16-27-20(3)4;1-16(2)22-7-10-25-19-13-20(26-11-8-23-17(3)4)15-21(14-19)27-12-9-24-18(5)6;1-13(2)17-8-10-19-15-6-5-7-16(12-15)20-11-9-18-14(3)4;1-11(2)16-5-7-18-13-9-15-10-14(13)19-8-6-17-12(3)4;1-11(2)15-9-7-13-5-6-14-8-10-16-12(3)4;1-9(2)13-11-5-7-12(8-6-11)14-10(3)4;1-6-10(12-9(4)5)7-11-8(2)3;1-7(2)9-5-6-10-8(3)4/h7-14,19-20H,15-18H2,1-6H3;13-18H,7-12H2,1-6H3;5-7,12-14H,8-11H2,1-4H3;9-12H,5-8H2,1-4H3;11-12H,5-10H2,1-4H3;9-12H,5-8H2,1-4H3;8-10H,6-7H2,1-5H3;7-8H,5-6H2,1-4H3. The Labute approximate surface area is 893 Å². The van der Waals surface area contributed by atoms with Gasteiger partial charge in [0.1, 0.15) is 112 Å². The Morgan fingerprint density at radius 1 is 0.231 bits per heavy atom. The molecule has 1 saturated carbocycles. The van der Waals surface area contributed by atoms with E-state index in [1.165, 1.54) is 23.7 Å². The van der Waals surface area contributed by atoms with Crippen molar-refractivity contribution >= 4 is 0 Å². The first-order valence-corrected chi connectivity index (χ1v) is 54.6. The summed E-state index contributed by atoms with van der Waals surface area (Å²) in [5, 5.41) is 0. The Balaban J connectivity index is 0. The molecule has 1 aliphatic carbocycles. The van der Waals surface area contributed by atoms with Crippen LogP contribution in [0.3, 0.4) is 0 Å². The molecular formula is C118H212O29. The van der Waals surface area contributed by atoms with E-state index in [1.807, 2.05) is 261 Å². The fourth-order valence-corrected chi connectivity index (χ4v) is 12.6. The first-order valence-electron chi connectivity index (χ1n) is 54.6. The van der Waals surface area contributed by atoms with Crippen LogP contribution in [0, 0.1) is 0 Å². The number of ether oxygens (including phenoxy) is 28. The number of hydrogen-bond donors (Lipinski definition) is 0. The Morgan fingerprint density at radius 3 is 0.673 bits per heavy atom. The van der Waals surface area contributed by atoms with Gasteiger partial charge in [-0.2, -0.15) is 0 Å². The predicted octanol–water partition coefficient (Wildman–Crippen LogP) is 25.4. The van der Waals surface area contributed by atoms with Crippen LogP contribution in [0.25, 0.3) is 0 Å². The summed E-state index contributed by atoms with van der Waals surface area (Å²) in [6, 6.07) is 29.8. The van der Waals surface area contributed by atoms with E-state index in [1.54, 1.807) is 0 Å². The lowest BCUT2D eigenvalue weighted by Gasteiger charge is -2.30. The van der Waals surface area contributed by atoms with Crippen LogP contribution in [0.2, 0.25) is 0 Å². The second kappa shape index (κ2) is 92.1. The van der Waals surface area contributed by atoms with Crippen LogP contribution in [0.4, 0.5) is 0 Å². The van der Waals surface area contributed by atoms with E-state index in [-0.39, 0.29) is 78.7 Å². The van der Waals surface area contributed by atoms with E-state index in [4.69, 9.17) is 137 Å². The predicted molar refractivity (Wildman–Crippen MR) is 592 cm³/mol. The molecule has 1 aromatic heterocycles. The molecule has 1 fully saturated rings. The summed E-state index contributed by atoms with van der Waals surface area (Å²) in [4.78, 5) is 0. The molecule has 858 valence electrons. The molecular weight excluding hydrogens is 1880 g/mol. The maximum atomic E-state index is 5.79. The van der Waals surface area contributed by atoms with E-state index >= 15 is 0 Å². The van der Waals surface area contributed by atoms with Gasteiger partial charge in [0.15, 0.2) is 11.5 Å². The van der Waals surface area contributed by atoms with Crippen molar-refractivity contribution in [2.45, 2.75) is 416 Å². The molecule has 0 saturated heterocycles. The fraction of sp³-hybridized carbons (Fsp3) is 0.763. The monoisotopic (exact) mass is 2090 g/mol. The SMILES string of the molecule is CC(C)OC1CCC(OC(C)C)CC1.CC(C)OCCOC(C)C.CC(C)OCCOCCOCCOC(C)C.CC(C)OCCOc1cc(OCCOC(C)C)cc(OCCOC(C)C)c1.CC(C)OCCOc1ccc(C(C)(C)c2ccc(OCCOC(C)C)cc2)cc1.CC(C)OCCOc1cccc(OCCOC(C)C)c1.CC(C)OCCOc1cocc1OCCOC(C)C.CCC(COC(C)C)OC(C)C. The molecule has 1 aliphatic rings. The molecule has 0 aliphatic heterocycles. The van der Waals surface area contributed by atoms with Gasteiger partial charge in [-0.25, -0.2) is 0 Å². The van der Waals surface area contributed by atoms with Gasteiger partial charge in [-0.1, -0.05) is 51.1 Å². The topological polar surface area (TPSA) is 272 Å². The van der Waals surface area contributed by atoms with Gasteiger partial charge in [0, 0.05) is 29.7 Å². The van der Waals surface area contributed by atoms with Crippen molar-refractivity contribution < 1.29 is 137 Å². The normalized spacial score (nSPS) is 13.3. The third-order valence-electron chi connectivity index (χ3n) is 19.4. The first-order chi connectivity index (χ1) is 69.7. The summed E-state index contributed by atoms with van der Waals surface area (Å²) in [5.41, 5.74) is 2.36. The van der Waals surface area contributed by atoms with E-state index < -0.39 is 0 Å². The molecule has 0 spiro atoms. The maximum Gasteiger partial charge on any atom is 0.199 e. The molecule has 29 nitrogen and oxygen atoms in total. The van der Waals surface area contributed by atoms with Crippen LogP contribution >= 0.6 is 0 Å². The van der Waals surface area contributed by atoms with E-state index in [0.29, 0.717) is 256 Å². The molecule has 1 unspecified atom stereocenters. The first kappa shape index (κ1) is 143. The summed E-state index contributed by atoms with van der Waals surface area (Å²) in [6.07, 6.45) is 14.3. The number of hydrogen-bond acceptors (Lipinski definition) is 29. The number of benzene rings is 4. The van der Waals surface area contributed by atoms with Gasteiger partial charge in [-0.15, -0.1) is 0 Å². The van der Waals surface area contributed by atoms with Crippen molar-refractivity contribution in [3.8, 4) is 51.7 Å². The molecule has 5 aromatic rings. The van der Waals surface area contributed by atoms with E-state index in [2.05, 4.69) is 86.6 Å². The maximum absolute atomic E-state index is 5.79. The van der Waals surface area contributed by atoms with Crippen LogP contribution in [-0.4, -0.2) is 300 Å². The van der Waals surface area contributed by atoms with Gasteiger partial charge in [0.2, 0.25) is 0 Å². The van der Waals surface area contributed by atoms with Crippen LogP contribution in [0.1, 0.15) is 299 Å².